The molecule has 0 saturated heterocycles. The van der Waals surface area contributed by atoms with Crippen LogP contribution in [0.3, 0.4) is 0 Å². The van der Waals surface area contributed by atoms with Crippen LogP contribution in [0.4, 0.5) is 17.6 Å². The van der Waals surface area contributed by atoms with Gasteiger partial charge in [0.25, 0.3) is 0 Å². The minimum Gasteiger partial charge on any atom is -0.310 e. The summed E-state index contributed by atoms with van der Waals surface area (Å²) in [7, 11) is 0. The Morgan fingerprint density at radius 3 is 2.55 bits per heavy atom. The third kappa shape index (κ3) is 6.09. The van der Waals surface area contributed by atoms with Crippen LogP contribution >= 0.6 is 11.6 Å². The first-order chi connectivity index (χ1) is 9.33. The van der Waals surface area contributed by atoms with Gasteiger partial charge < -0.3 is 5.32 Å². The molecule has 0 aliphatic heterocycles. The van der Waals surface area contributed by atoms with Crippen LogP contribution in [0.2, 0.25) is 5.02 Å². The van der Waals surface area contributed by atoms with E-state index in [-0.39, 0.29) is 17.5 Å². The van der Waals surface area contributed by atoms with E-state index in [1.807, 2.05) is 6.92 Å². The first-order valence-electron chi connectivity index (χ1n) is 6.58. The summed E-state index contributed by atoms with van der Waals surface area (Å²) < 4.78 is 49.6. The Kier molecular flexibility index (Phi) is 6.76. The molecule has 0 bridgehead atoms. The summed E-state index contributed by atoms with van der Waals surface area (Å²) in [6, 6.07) is 3.69. The molecule has 1 atom stereocenters. The second-order valence-electron chi connectivity index (χ2n) is 4.68. The number of alkyl halides is 3. The van der Waals surface area contributed by atoms with Gasteiger partial charge in [0.2, 0.25) is 0 Å². The van der Waals surface area contributed by atoms with Crippen LogP contribution in [-0.4, -0.2) is 12.7 Å². The summed E-state index contributed by atoms with van der Waals surface area (Å²) in [6.45, 7) is 2.64. The van der Waals surface area contributed by atoms with Gasteiger partial charge in [0.1, 0.15) is 5.82 Å². The quantitative estimate of drug-likeness (QED) is 0.678. The molecule has 0 spiro atoms. The van der Waals surface area contributed by atoms with Gasteiger partial charge in [-0.05, 0) is 43.5 Å². The number of hydrogen-bond acceptors (Lipinski definition) is 1. The zero-order valence-electron chi connectivity index (χ0n) is 11.2. The molecular formula is C14H18ClF4N. The van der Waals surface area contributed by atoms with Crippen molar-refractivity contribution in [2.45, 2.75) is 44.8 Å². The first-order valence-corrected chi connectivity index (χ1v) is 6.96. The molecule has 114 valence electrons. The van der Waals surface area contributed by atoms with Crippen molar-refractivity contribution in [1.82, 2.24) is 5.32 Å². The van der Waals surface area contributed by atoms with Gasteiger partial charge in [-0.3, -0.25) is 0 Å². The molecule has 0 heterocycles. The molecule has 1 unspecified atom stereocenters. The molecule has 0 saturated carbocycles. The lowest BCUT2D eigenvalue weighted by molar-refractivity contribution is -0.135. The van der Waals surface area contributed by atoms with Gasteiger partial charge in [0.15, 0.2) is 0 Å². The van der Waals surface area contributed by atoms with Crippen LogP contribution in [0.1, 0.15) is 44.2 Å². The average Bonchev–Trinajstić information content (AvgIpc) is 2.33. The highest BCUT2D eigenvalue weighted by molar-refractivity contribution is 6.31. The largest absolute Gasteiger partial charge is 0.389 e. The predicted octanol–water partition coefficient (Wildman–Crippen LogP) is 5.25. The Hall–Kier alpha value is -0.810. The smallest absolute Gasteiger partial charge is 0.310 e. The van der Waals surface area contributed by atoms with Gasteiger partial charge >= 0.3 is 6.18 Å². The lowest BCUT2D eigenvalue weighted by Gasteiger charge is -2.20. The number of rotatable bonds is 7. The Morgan fingerprint density at radius 2 is 2.00 bits per heavy atom. The number of benzene rings is 1. The van der Waals surface area contributed by atoms with E-state index in [1.165, 1.54) is 18.2 Å². The standard InChI is InChI=1S/C14H18ClF4N/c1-2-8-20-13(4-3-7-14(17,18)19)11-6-5-10(16)9-12(11)15/h5-6,9,13,20H,2-4,7-8H2,1H3. The summed E-state index contributed by atoms with van der Waals surface area (Å²) in [5.74, 6) is -0.455. The molecule has 0 radical (unpaired) electrons. The van der Waals surface area contributed by atoms with Gasteiger partial charge in [-0.1, -0.05) is 24.6 Å². The maximum Gasteiger partial charge on any atom is 0.389 e. The van der Waals surface area contributed by atoms with E-state index in [0.29, 0.717) is 18.5 Å². The van der Waals surface area contributed by atoms with Crippen molar-refractivity contribution in [2.75, 3.05) is 6.54 Å². The zero-order chi connectivity index (χ0) is 15.2. The topological polar surface area (TPSA) is 12.0 Å². The highest BCUT2D eigenvalue weighted by Gasteiger charge is 2.27. The fourth-order valence-corrected chi connectivity index (χ4v) is 2.28. The van der Waals surface area contributed by atoms with Gasteiger partial charge in [-0.25, -0.2) is 4.39 Å². The molecule has 1 aromatic carbocycles. The third-order valence-electron chi connectivity index (χ3n) is 2.93. The Labute approximate surface area is 121 Å². The fraction of sp³-hybridized carbons (Fsp3) is 0.571. The van der Waals surface area contributed by atoms with Crippen LogP contribution in [0.5, 0.6) is 0 Å². The van der Waals surface area contributed by atoms with Crippen molar-refractivity contribution >= 4 is 11.6 Å². The van der Waals surface area contributed by atoms with Gasteiger partial charge in [0.05, 0.1) is 0 Å². The lowest BCUT2D eigenvalue weighted by atomic mass is 10.0. The molecule has 0 aromatic heterocycles. The molecule has 0 aliphatic carbocycles. The predicted molar refractivity (Wildman–Crippen MR) is 72.4 cm³/mol. The van der Waals surface area contributed by atoms with E-state index in [9.17, 15) is 17.6 Å². The van der Waals surface area contributed by atoms with Gasteiger partial charge in [-0.15, -0.1) is 0 Å². The monoisotopic (exact) mass is 311 g/mol. The molecule has 1 rings (SSSR count). The molecule has 0 aliphatic rings. The van der Waals surface area contributed by atoms with Crippen LogP contribution in [0.25, 0.3) is 0 Å². The van der Waals surface area contributed by atoms with Gasteiger partial charge in [-0.2, -0.15) is 13.2 Å². The minimum absolute atomic E-state index is 0.0125. The molecule has 0 amide bonds. The number of halogens is 5. The first kappa shape index (κ1) is 17.2. The van der Waals surface area contributed by atoms with E-state index in [2.05, 4.69) is 5.32 Å². The molecule has 1 N–H and O–H groups in total. The zero-order valence-corrected chi connectivity index (χ0v) is 12.0. The Balaban J connectivity index is 2.72. The summed E-state index contributed by atoms with van der Waals surface area (Å²) in [4.78, 5) is 0. The average molecular weight is 312 g/mol. The molecule has 0 fully saturated rings. The van der Waals surface area contributed by atoms with E-state index in [4.69, 9.17) is 11.6 Å². The summed E-state index contributed by atoms with van der Waals surface area (Å²) in [5, 5.41) is 3.40. The lowest BCUT2D eigenvalue weighted by Crippen LogP contribution is -2.23. The van der Waals surface area contributed by atoms with Crippen molar-refractivity contribution in [3.8, 4) is 0 Å². The molecule has 1 aromatic rings. The van der Waals surface area contributed by atoms with E-state index in [0.717, 1.165) is 6.42 Å². The van der Waals surface area contributed by atoms with Crippen molar-refractivity contribution in [1.29, 1.82) is 0 Å². The van der Waals surface area contributed by atoms with E-state index >= 15 is 0 Å². The van der Waals surface area contributed by atoms with Crippen LogP contribution in [0.15, 0.2) is 18.2 Å². The van der Waals surface area contributed by atoms with Crippen LogP contribution in [-0.2, 0) is 0 Å². The second-order valence-corrected chi connectivity index (χ2v) is 5.09. The van der Waals surface area contributed by atoms with Crippen molar-refractivity contribution in [3.63, 3.8) is 0 Å². The molecule has 20 heavy (non-hydrogen) atoms. The summed E-state index contributed by atoms with van der Waals surface area (Å²) >= 11 is 5.97. The van der Waals surface area contributed by atoms with Gasteiger partial charge in [0, 0.05) is 17.5 Å². The highest BCUT2D eigenvalue weighted by atomic mass is 35.5. The maximum absolute atomic E-state index is 13.0. The van der Waals surface area contributed by atoms with Crippen molar-refractivity contribution in [3.05, 3.63) is 34.6 Å². The fourth-order valence-electron chi connectivity index (χ4n) is 1.98. The van der Waals surface area contributed by atoms with E-state index in [1.54, 1.807) is 0 Å². The molecule has 6 heteroatoms. The maximum atomic E-state index is 13.0. The third-order valence-corrected chi connectivity index (χ3v) is 3.26. The van der Waals surface area contributed by atoms with Crippen LogP contribution < -0.4 is 5.32 Å². The normalized spacial score (nSPS) is 13.5. The highest BCUT2D eigenvalue weighted by Crippen LogP contribution is 2.30. The number of hydrogen-bond donors (Lipinski definition) is 1. The summed E-state index contributed by atoms with van der Waals surface area (Å²) in [6.07, 6.45) is -3.80. The minimum atomic E-state index is -4.15. The van der Waals surface area contributed by atoms with E-state index < -0.39 is 18.4 Å². The Bertz CT molecular complexity index is 420. The van der Waals surface area contributed by atoms with Crippen molar-refractivity contribution in [2.24, 2.45) is 0 Å². The molecule has 1 nitrogen and oxygen atoms in total. The second kappa shape index (κ2) is 7.84. The SMILES string of the molecule is CCCNC(CCCC(F)(F)F)c1ccc(F)cc1Cl. The summed E-state index contributed by atoms with van der Waals surface area (Å²) in [5.41, 5.74) is 0.642. The molecular weight excluding hydrogens is 294 g/mol. The number of nitrogens with one attached hydrogen (secondary N) is 1. The van der Waals surface area contributed by atoms with Crippen LogP contribution in [0, 0.1) is 5.82 Å². The van der Waals surface area contributed by atoms with Crippen molar-refractivity contribution < 1.29 is 17.6 Å². The Morgan fingerprint density at radius 1 is 1.30 bits per heavy atom.